The van der Waals surface area contributed by atoms with Gasteiger partial charge in [-0.25, -0.2) is 8.78 Å². The minimum absolute atomic E-state index is 0.130. The van der Waals surface area contributed by atoms with Gasteiger partial charge in [-0.3, -0.25) is 0 Å². The van der Waals surface area contributed by atoms with Crippen LogP contribution in [0.2, 0.25) is 0 Å². The first kappa shape index (κ1) is 16.1. The molecule has 1 aromatic rings. The molecule has 0 saturated carbocycles. The predicted molar refractivity (Wildman–Crippen MR) is 73.2 cm³/mol. The van der Waals surface area contributed by atoms with Gasteiger partial charge in [-0.1, -0.05) is 41.5 Å². The molecule has 1 rings (SSSR count). The summed E-state index contributed by atoms with van der Waals surface area (Å²) in [6.07, 6.45) is 0. The van der Waals surface area contributed by atoms with Crippen molar-refractivity contribution >= 4 is 0 Å². The van der Waals surface area contributed by atoms with Crippen molar-refractivity contribution in [3.8, 4) is 12.1 Å². The van der Waals surface area contributed by atoms with E-state index in [0.717, 1.165) is 0 Å². The highest BCUT2D eigenvalue weighted by molar-refractivity contribution is 5.56. The molecule has 0 aliphatic carbocycles. The van der Waals surface area contributed by atoms with Gasteiger partial charge >= 0.3 is 0 Å². The number of nitrogens with zero attached hydrogens (tertiary/aromatic N) is 2. The summed E-state index contributed by atoms with van der Waals surface area (Å²) in [5.74, 6) is -1.72. The Hall–Kier alpha value is -1.94. The van der Waals surface area contributed by atoms with Crippen LogP contribution in [-0.2, 0) is 10.8 Å². The highest BCUT2D eigenvalue weighted by atomic mass is 19.1. The Morgan fingerprint density at radius 3 is 1.20 bits per heavy atom. The molecule has 0 aliphatic heterocycles. The predicted octanol–water partition coefficient (Wildman–Crippen LogP) is 4.30. The maximum atomic E-state index is 14.6. The molecular formula is C16H18F2N2. The fourth-order valence-corrected chi connectivity index (χ4v) is 2.31. The Balaban J connectivity index is 4.06. The molecule has 2 nitrogen and oxygen atoms in total. The smallest absolute Gasteiger partial charge is 0.147 e. The van der Waals surface area contributed by atoms with Crippen LogP contribution in [0.4, 0.5) is 8.78 Å². The van der Waals surface area contributed by atoms with Crippen molar-refractivity contribution in [3.05, 3.63) is 33.9 Å². The second kappa shape index (κ2) is 4.87. The molecule has 0 unspecified atom stereocenters. The van der Waals surface area contributed by atoms with Crippen molar-refractivity contribution in [2.75, 3.05) is 0 Å². The zero-order valence-electron chi connectivity index (χ0n) is 12.7. The van der Waals surface area contributed by atoms with Crippen molar-refractivity contribution in [1.29, 1.82) is 10.5 Å². The topological polar surface area (TPSA) is 47.6 Å². The van der Waals surface area contributed by atoms with Gasteiger partial charge < -0.3 is 0 Å². The molecular weight excluding hydrogens is 258 g/mol. The number of nitriles is 2. The number of hydrogen-bond acceptors (Lipinski definition) is 2. The first-order valence-electron chi connectivity index (χ1n) is 6.33. The van der Waals surface area contributed by atoms with Gasteiger partial charge in [-0.05, 0) is 16.4 Å². The van der Waals surface area contributed by atoms with Crippen molar-refractivity contribution in [2.45, 2.75) is 52.4 Å². The molecule has 0 aromatic heterocycles. The van der Waals surface area contributed by atoms with Crippen LogP contribution in [0.5, 0.6) is 0 Å². The number of benzene rings is 1. The van der Waals surface area contributed by atoms with Crippen LogP contribution in [0, 0.1) is 34.3 Å². The van der Waals surface area contributed by atoms with Crippen molar-refractivity contribution in [2.24, 2.45) is 0 Å². The zero-order chi connectivity index (χ0) is 15.9. The Morgan fingerprint density at radius 2 is 1.00 bits per heavy atom. The van der Waals surface area contributed by atoms with E-state index in [1.165, 1.54) is 0 Å². The standard InChI is InChI=1S/C16H18F2N2/c1-15(2,3)11-9(7-19)13(17)12(16(4,5)6)14(18)10(11)8-20/h1-6H3. The van der Waals surface area contributed by atoms with E-state index in [9.17, 15) is 19.3 Å². The van der Waals surface area contributed by atoms with Crippen LogP contribution in [0.15, 0.2) is 0 Å². The first-order valence-corrected chi connectivity index (χ1v) is 6.33. The summed E-state index contributed by atoms with van der Waals surface area (Å²) in [7, 11) is 0. The monoisotopic (exact) mass is 276 g/mol. The number of rotatable bonds is 0. The molecule has 20 heavy (non-hydrogen) atoms. The molecule has 0 spiro atoms. The van der Waals surface area contributed by atoms with Gasteiger partial charge in [0.2, 0.25) is 0 Å². The van der Waals surface area contributed by atoms with E-state index >= 15 is 0 Å². The minimum atomic E-state index is -0.860. The lowest BCUT2D eigenvalue weighted by Crippen LogP contribution is -2.24. The lowest BCUT2D eigenvalue weighted by Gasteiger charge is -2.27. The largest absolute Gasteiger partial charge is 0.205 e. The molecule has 0 amide bonds. The molecule has 0 fully saturated rings. The van der Waals surface area contributed by atoms with Gasteiger partial charge in [0.05, 0.1) is 11.1 Å². The van der Waals surface area contributed by atoms with E-state index in [4.69, 9.17) is 0 Å². The molecule has 0 atom stereocenters. The average molecular weight is 276 g/mol. The van der Waals surface area contributed by atoms with Gasteiger partial charge in [0.15, 0.2) is 0 Å². The molecule has 0 radical (unpaired) electrons. The van der Waals surface area contributed by atoms with E-state index in [1.54, 1.807) is 53.7 Å². The summed E-state index contributed by atoms with van der Waals surface area (Å²) >= 11 is 0. The zero-order valence-corrected chi connectivity index (χ0v) is 12.7. The molecule has 0 saturated heterocycles. The van der Waals surface area contributed by atoms with E-state index in [2.05, 4.69) is 0 Å². The van der Waals surface area contributed by atoms with Crippen LogP contribution in [0.3, 0.4) is 0 Å². The van der Waals surface area contributed by atoms with Gasteiger partial charge in [-0.2, -0.15) is 10.5 Å². The quantitative estimate of drug-likeness (QED) is 0.709. The van der Waals surface area contributed by atoms with E-state index in [1.807, 2.05) is 0 Å². The van der Waals surface area contributed by atoms with Crippen LogP contribution in [0.1, 0.15) is 63.8 Å². The molecule has 0 N–H and O–H groups in total. The lowest BCUT2D eigenvalue weighted by atomic mass is 9.76. The SMILES string of the molecule is CC(C)(C)c1c(F)c(C#N)c(C(C)(C)C)c(C#N)c1F. The van der Waals surface area contributed by atoms with Gasteiger partial charge in [-0.15, -0.1) is 0 Å². The normalized spacial score (nSPS) is 11.9. The summed E-state index contributed by atoms with van der Waals surface area (Å²) in [4.78, 5) is 0. The highest BCUT2D eigenvalue weighted by Crippen LogP contribution is 2.38. The van der Waals surface area contributed by atoms with Crippen LogP contribution < -0.4 is 0 Å². The minimum Gasteiger partial charge on any atom is -0.205 e. The van der Waals surface area contributed by atoms with Crippen LogP contribution in [0.25, 0.3) is 0 Å². The third-order valence-electron chi connectivity index (χ3n) is 3.10. The lowest BCUT2D eigenvalue weighted by molar-refractivity contribution is 0.462. The van der Waals surface area contributed by atoms with Gasteiger partial charge in [0.25, 0.3) is 0 Å². The van der Waals surface area contributed by atoms with Crippen molar-refractivity contribution < 1.29 is 8.78 Å². The molecule has 0 aliphatic rings. The maximum Gasteiger partial charge on any atom is 0.147 e. The van der Waals surface area contributed by atoms with Gasteiger partial charge in [0.1, 0.15) is 23.8 Å². The molecule has 106 valence electrons. The highest BCUT2D eigenvalue weighted by Gasteiger charge is 2.34. The molecule has 0 heterocycles. The third-order valence-corrected chi connectivity index (χ3v) is 3.10. The summed E-state index contributed by atoms with van der Waals surface area (Å²) in [5.41, 5.74) is -2.08. The Labute approximate surface area is 118 Å². The Morgan fingerprint density at radius 1 is 0.700 bits per heavy atom. The van der Waals surface area contributed by atoms with Crippen LogP contribution in [-0.4, -0.2) is 0 Å². The van der Waals surface area contributed by atoms with E-state index in [-0.39, 0.29) is 22.3 Å². The van der Waals surface area contributed by atoms with Crippen molar-refractivity contribution in [1.82, 2.24) is 0 Å². The summed E-state index contributed by atoms with van der Waals surface area (Å²) in [6.45, 7) is 10.1. The fourth-order valence-electron chi connectivity index (χ4n) is 2.31. The summed E-state index contributed by atoms with van der Waals surface area (Å²) in [6, 6.07) is 3.58. The summed E-state index contributed by atoms with van der Waals surface area (Å²) < 4.78 is 29.1. The number of halogens is 2. The second-order valence-corrected chi connectivity index (χ2v) is 6.85. The first-order chi connectivity index (χ1) is 8.96. The Kier molecular flexibility index (Phi) is 3.92. The second-order valence-electron chi connectivity index (χ2n) is 6.85. The molecule has 4 heteroatoms. The molecule has 0 bridgehead atoms. The maximum absolute atomic E-state index is 14.6. The average Bonchev–Trinajstić information content (AvgIpc) is 2.25. The van der Waals surface area contributed by atoms with Crippen LogP contribution >= 0.6 is 0 Å². The van der Waals surface area contributed by atoms with E-state index in [0.29, 0.717) is 0 Å². The van der Waals surface area contributed by atoms with Gasteiger partial charge in [0, 0.05) is 5.56 Å². The third kappa shape index (κ3) is 2.51. The summed E-state index contributed by atoms with van der Waals surface area (Å²) in [5, 5.41) is 18.5. The fraction of sp³-hybridized carbons (Fsp3) is 0.500. The number of hydrogen-bond donors (Lipinski definition) is 0. The molecule has 1 aromatic carbocycles. The Bertz CT molecular complexity index is 592. The van der Waals surface area contributed by atoms with E-state index < -0.39 is 22.5 Å². The van der Waals surface area contributed by atoms with Crippen molar-refractivity contribution in [3.63, 3.8) is 0 Å².